The fraction of sp³-hybridized carbons (Fsp3) is 0.760. The third-order valence-electron chi connectivity index (χ3n) is 7.18. The molecule has 10 heteroatoms. The first-order valence-electron chi connectivity index (χ1n) is 13.3. The zero-order valence-electron chi connectivity index (χ0n) is 21.2. The predicted octanol–water partition coefficient (Wildman–Crippen LogP) is 3.92. The van der Waals surface area contributed by atoms with E-state index in [1.54, 1.807) is 4.31 Å². The van der Waals surface area contributed by atoms with Gasteiger partial charge in [-0.15, -0.1) is 0 Å². The molecule has 1 atom stereocenters. The maximum Gasteiger partial charge on any atom is 0.279 e. The smallest absolute Gasteiger partial charge is 0.279 e. The Balaban J connectivity index is 1.49. The fourth-order valence-electron chi connectivity index (χ4n) is 5.18. The lowest BCUT2D eigenvalue weighted by atomic mass is 9.89. The van der Waals surface area contributed by atoms with E-state index in [1.165, 1.54) is 36.4 Å². The van der Waals surface area contributed by atoms with Gasteiger partial charge >= 0.3 is 0 Å². The summed E-state index contributed by atoms with van der Waals surface area (Å²) >= 11 is -2.07. The van der Waals surface area contributed by atoms with Gasteiger partial charge in [-0.05, 0) is 76.6 Å². The van der Waals surface area contributed by atoms with Crippen LogP contribution in [0.4, 0.5) is 5.69 Å². The van der Waals surface area contributed by atoms with Gasteiger partial charge in [-0.25, -0.2) is 8.93 Å². The van der Waals surface area contributed by atoms with Gasteiger partial charge in [-0.3, -0.25) is 8.86 Å². The molecule has 2 fully saturated rings. The lowest BCUT2D eigenvalue weighted by Gasteiger charge is -2.31. The first kappa shape index (κ1) is 28.5. The number of hydrogen-bond donors (Lipinski definition) is 2. The van der Waals surface area contributed by atoms with Crippen LogP contribution in [-0.4, -0.2) is 72.2 Å². The number of rotatable bonds is 14. The van der Waals surface area contributed by atoms with Gasteiger partial charge < -0.3 is 4.90 Å². The molecule has 1 aromatic carbocycles. The van der Waals surface area contributed by atoms with Gasteiger partial charge in [0.2, 0.25) is 0 Å². The van der Waals surface area contributed by atoms with Crippen LogP contribution in [0.2, 0.25) is 0 Å². The molecule has 1 aliphatic heterocycles. The minimum absolute atomic E-state index is 0.441. The Morgan fingerprint density at radius 2 is 1.60 bits per heavy atom. The zero-order valence-corrected chi connectivity index (χ0v) is 22.9. The molecule has 1 saturated carbocycles. The molecule has 35 heavy (non-hydrogen) atoms. The molecule has 0 bridgehead atoms. The molecule has 0 spiro atoms. The topological polar surface area (TPSA) is 93.2 Å². The summed E-state index contributed by atoms with van der Waals surface area (Å²) in [5, 5.41) is 0. The van der Waals surface area contributed by atoms with Crippen LogP contribution in [0.15, 0.2) is 24.3 Å². The Hall–Kier alpha value is -1.04. The van der Waals surface area contributed by atoms with Crippen molar-refractivity contribution in [3.8, 4) is 0 Å². The number of piperidine rings is 1. The van der Waals surface area contributed by atoms with Crippen molar-refractivity contribution in [1.29, 1.82) is 0 Å². The monoisotopic (exact) mass is 528 g/mol. The van der Waals surface area contributed by atoms with Crippen molar-refractivity contribution in [2.45, 2.75) is 71.1 Å². The van der Waals surface area contributed by atoms with E-state index in [2.05, 4.69) is 9.62 Å². The standard InChI is InChI=1S/C25H44N4O4S2/c1-23-12-14-25(15-13-23)29(34(30)31)21-9-18-27(22-24-10-4-2-5-11-24)17-8-16-26-35(32,33)28-19-6-3-7-20-28/h12-15,24,26H,2-11,16-22H2,1H3,(H,30,31). The Bertz CT molecular complexity index is 870. The van der Waals surface area contributed by atoms with Crippen LogP contribution in [0.3, 0.4) is 0 Å². The van der Waals surface area contributed by atoms with E-state index in [0.29, 0.717) is 32.1 Å². The van der Waals surface area contributed by atoms with Gasteiger partial charge in [0, 0.05) is 32.7 Å². The minimum atomic E-state index is -3.38. The first-order valence-corrected chi connectivity index (χ1v) is 15.8. The molecule has 1 unspecified atom stereocenters. The highest BCUT2D eigenvalue weighted by atomic mass is 32.2. The summed E-state index contributed by atoms with van der Waals surface area (Å²) in [6.45, 7) is 6.84. The highest BCUT2D eigenvalue weighted by molar-refractivity contribution is 7.87. The Kier molecular flexibility index (Phi) is 11.9. The summed E-state index contributed by atoms with van der Waals surface area (Å²) in [4.78, 5) is 2.43. The van der Waals surface area contributed by atoms with Gasteiger partial charge in [-0.2, -0.15) is 12.7 Å². The minimum Gasteiger partial charge on any atom is -0.303 e. The Morgan fingerprint density at radius 1 is 0.971 bits per heavy atom. The Labute approximate surface area is 215 Å². The summed E-state index contributed by atoms with van der Waals surface area (Å²) < 4.78 is 52.8. The van der Waals surface area contributed by atoms with Crippen LogP contribution in [-0.2, 0) is 21.5 Å². The lowest BCUT2D eigenvalue weighted by Crippen LogP contribution is -2.44. The van der Waals surface area contributed by atoms with E-state index in [1.807, 2.05) is 31.2 Å². The van der Waals surface area contributed by atoms with Crippen LogP contribution in [0.25, 0.3) is 0 Å². The molecular weight excluding hydrogens is 484 g/mol. The normalized spacial score (nSPS) is 19.2. The molecule has 1 aromatic rings. The van der Waals surface area contributed by atoms with Gasteiger partial charge in [-0.1, -0.05) is 43.4 Å². The van der Waals surface area contributed by atoms with Crippen LogP contribution in [0.1, 0.15) is 69.8 Å². The zero-order chi connectivity index (χ0) is 25.1. The average molecular weight is 529 g/mol. The quantitative estimate of drug-likeness (QED) is 0.282. The largest absolute Gasteiger partial charge is 0.303 e. The van der Waals surface area contributed by atoms with E-state index in [4.69, 9.17) is 0 Å². The molecule has 8 nitrogen and oxygen atoms in total. The molecule has 2 N–H and O–H groups in total. The van der Waals surface area contributed by atoms with E-state index >= 15 is 0 Å². The van der Waals surface area contributed by atoms with Crippen molar-refractivity contribution in [2.75, 3.05) is 50.1 Å². The van der Waals surface area contributed by atoms with Crippen LogP contribution < -0.4 is 9.03 Å². The van der Waals surface area contributed by atoms with Gasteiger partial charge in [0.25, 0.3) is 21.5 Å². The van der Waals surface area contributed by atoms with E-state index < -0.39 is 21.5 Å². The lowest BCUT2D eigenvalue weighted by molar-refractivity contribution is 0.198. The molecule has 3 rings (SSSR count). The van der Waals surface area contributed by atoms with E-state index in [0.717, 1.165) is 63.0 Å². The molecule has 1 heterocycles. The molecule has 2 aliphatic rings. The summed E-state index contributed by atoms with van der Waals surface area (Å²) in [6.07, 6.45) is 10.9. The van der Waals surface area contributed by atoms with Gasteiger partial charge in [0.05, 0.1) is 5.69 Å². The number of aryl methyl sites for hydroxylation is 1. The van der Waals surface area contributed by atoms with Gasteiger partial charge in [0.15, 0.2) is 0 Å². The van der Waals surface area contributed by atoms with E-state index in [9.17, 15) is 17.2 Å². The maximum absolute atomic E-state index is 12.6. The Morgan fingerprint density at radius 3 is 2.26 bits per heavy atom. The summed E-state index contributed by atoms with van der Waals surface area (Å²) in [6, 6.07) is 7.68. The predicted molar refractivity (Wildman–Crippen MR) is 144 cm³/mol. The van der Waals surface area contributed by atoms with E-state index in [-0.39, 0.29) is 0 Å². The van der Waals surface area contributed by atoms with Crippen molar-refractivity contribution in [3.63, 3.8) is 0 Å². The van der Waals surface area contributed by atoms with Crippen LogP contribution in [0.5, 0.6) is 0 Å². The molecule has 0 amide bonds. The summed E-state index contributed by atoms with van der Waals surface area (Å²) in [5.41, 5.74) is 1.87. The first-order chi connectivity index (χ1) is 16.8. The van der Waals surface area contributed by atoms with Crippen LogP contribution >= 0.6 is 0 Å². The number of benzene rings is 1. The summed E-state index contributed by atoms with van der Waals surface area (Å²) in [5.74, 6) is 0.689. The molecule has 0 aromatic heterocycles. The third-order valence-corrected chi connectivity index (χ3v) is 9.56. The van der Waals surface area contributed by atoms with Gasteiger partial charge in [0.1, 0.15) is 0 Å². The second-order valence-corrected chi connectivity index (χ2v) is 12.7. The van der Waals surface area contributed by atoms with Crippen molar-refractivity contribution in [3.05, 3.63) is 29.8 Å². The highest BCUT2D eigenvalue weighted by Gasteiger charge is 2.23. The molecule has 1 saturated heterocycles. The number of anilines is 1. The molecular formula is C25H44N4O4S2. The molecule has 0 radical (unpaired) electrons. The van der Waals surface area contributed by atoms with Crippen molar-refractivity contribution < 1.29 is 17.2 Å². The molecule has 1 aliphatic carbocycles. The average Bonchev–Trinajstić information content (AvgIpc) is 2.86. The number of nitrogens with zero attached hydrogens (tertiary/aromatic N) is 3. The fourth-order valence-corrected chi connectivity index (χ4v) is 7.09. The maximum atomic E-state index is 12.6. The highest BCUT2D eigenvalue weighted by Crippen LogP contribution is 2.25. The SMILES string of the molecule is Cc1ccc(N(CCCN(CCCNS(=O)(=O)N2CCCCC2)CC2CCCCC2)S(=O)O)cc1. The second kappa shape index (κ2) is 14.6. The van der Waals surface area contributed by atoms with Crippen LogP contribution in [0, 0.1) is 12.8 Å². The van der Waals surface area contributed by atoms with Crippen molar-refractivity contribution in [2.24, 2.45) is 5.92 Å². The van der Waals surface area contributed by atoms with Crippen molar-refractivity contribution in [1.82, 2.24) is 13.9 Å². The second-order valence-electron chi connectivity index (χ2n) is 10.0. The number of nitrogens with one attached hydrogen (secondary N) is 1. The molecule has 200 valence electrons. The number of hydrogen-bond acceptors (Lipinski definition) is 4. The summed E-state index contributed by atoms with van der Waals surface area (Å²) in [7, 11) is -3.38. The third kappa shape index (κ3) is 9.74. The van der Waals surface area contributed by atoms with Crippen molar-refractivity contribution >= 4 is 27.2 Å².